The Morgan fingerprint density at radius 2 is 1.67 bits per heavy atom. The van der Waals surface area contributed by atoms with Gasteiger partial charge in [-0.25, -0.2) is 0 Å². The summed E-state index contributed by atoms with van der Waals surface area (Å²) in [5.74, 6) is 0. The van der Waals surface area contributed by atoms with E-state index in [1.165, 1.54) is 0 Å². The highest BCUT2D eigenvalue weighted by atomic mass is 79.9. The van der Waals surface area contributed by atoms with Crippen LogP contribution in [0.5, 0.6) is 0 Å². The summed E-state index contributed by atoms with van der Waals surface area (Å²) in [5, 5.41) is 15.8. The molecule has 0 unspecified atom stereocenters. The van der Waals surface area contributed by atoms with Crippen LogP contribution in [-0.2, 0) is 13.0 Å². The maximum atomic E-state index is 11.3. The highest BCUT2D eigenvalue weighted by Crippen LogP contribution is 2.51. The molecule has 0 spiro atoms. The Hall–Kier alpha value is -0.350. The number of rotatable bonds is 3. The van der Waals surface area contributed by atoms with Gasteiger partial charge in [-0.2, -0.15) is 5.10 Å². The molecular weight excluding hydrogens is 328 g/mol. The number of halogens is 1. The minimum Gasteiger partial charge on any atom is -0.389 e. The third-order valence-corrected chi connectivity index (χ3v) is 5.55. The largest absolute Gasteiger partial charge is 0.389 e. The van der Waals surface area contributed by atoms with Crippen LogP contribution in [0, 0.1) is 17.8 Å². The second-order valence-electron chi connectivity index (χ2n) is 8.42. The number of hydrogen-bond donors (Lipinski definition) is 1. The van der Waals surface area contributed by atoms with Crippen LogP contribution in [0.15, 0.2) is 4.47 Å². The molecule has 1 heterocycles. The molecule has 0 bridgehead atoms. The Bertz CT molecular complexity index is 515. The second-order valence-corrected chi connectivity index (χ2v) is 9.21. The Morgan fingerprint density at radius 1 is 1.14 bits per heavy atom. The Balaban J connectivity index is 2.33. The molecule has 2 rings (SSSR count). The van der Waals surface area contributed by atoms with Gasteiger partial charge in [-0.3, -0.25) is 4.68 Å². The first-order valence-corrected chi connectivity index (χ1v) is 8.70. The van der Waals surface area contributed by atoms with E-state index in [4.69, 9.17) is 0 Å². The van der Waals surface area contributed by atoms with E-state index in [1.54, 1.807) is 0 Å². The Morgan fingerprint density at radius 3 is 2.14 bits per heavy atom. The van der Waals surface area contributed by atoms with E-state index < -0.39 is 5.60 Å². The molecule has 0 amide bonds. The summed E-state index contributed by atoms with van der Waals surface area (Å²) in [6.45, 7) is 14.0. The summed E-state index contributed by atoms with van der Waals surface area (Å²) in [6, 6.07) is 0. The number of aryl methyl sites for hydroxylation is 2. The predicted octanol–water partition coefficient (Wildman–Crippen LogP) is 4.48. The summed E-state index contributed by atoms with van der Waals surface area (Å²) in [7, 11) is 0. The van der Waals surface area contributed by atoms with E-state index in [-0.39, 0.29) is 10.8 Å². The van der Waals surface area contributed by atoms with E-state index in [0.29, 0.717) is 6.42 Å². The van der Waals surface area contributed by atoms with E-state index in [2.05, 4.69) is 55.6 Å². The monoisotopic (exact) mass is 356 g/mol. The van der Waals surface area contributed by atoms with E-state index in [9.17, 15) is 5.11 Å². The average molecular weight is 357 g/mol. The smallest absolute Gasteiger partial charge is 0.0738 e. The summed E-state index contributed by atoms with van der Waals surface area (Å²) >= 11 is 3.66. The van der Waals surface area contributed by atoms with Crippen LogP contribution >= 0.6 is 15.9 Å². The van der Waals surface area contributed by atoms with E-state index >= 15 is 0 Å². The summed E-state index contributed by atoms with van der Waals surface area (Å²) in [4.78, 5) is 0. The van der Waals surface area contributed by atoms with Crippen molar-refractivity contribution >= 4 is 15.9 Å². The van der Waals surface area contributed by atoms with Crippen LogP contribution in [-0.4, -0.2) is 20.5 Å². The zero-order valence-electron chi connectivity index (χ0n) is 14.3. The normalized spacial score (nSPS) is 23.2. The fourth-order valence-electron chi connectivity index (χ4n) is 4.74. The maximum absolute atomic E-state index is 11.3. The highest BCUT2D eigenvalue weighted by Gasteiger charge is 2.47. The average Bonchev–Trinajstić information content (AvgIpc) is 2.51. The number of aliphatic hydroxyl groups is 1. The van der Waals surface area contributed by atoms with Gasteiger partial charge in [-0.15, -0.1) is 0 Å². The van der Waals surface area contributed by atoms with Gasteiger partial charge in [-0.05, 0) is 59.9 Å². The molecule has 1 aromatic rings. The molecule has 1 aliphatic rings. The van der Waals surface area contributed by atoms with Gasteiger partial charge in [0.25, 0.3) is 0 Å². The SMILES string of the molecule is CCn1nc(C)c(Br)c1CC1(O)CC(C)(C)CC(C)(C)C1. The van der Waals surface area contributed by atoms with Crippen molar-refractivity contribution in [3.8, 4) is 0 Å². The molecule has 21 heavy (non-hydrogen) atoms. The van der Waals surface area contributed by atoms with Gasteiger partial charge in [0.05, 0.1) is 21.5 Å². The fourth-order valence-corrected chi connectivity index (χ4v) is 5.16. The Kier molecular flexibility index (Phi) is 4.36. The first-order valence-electron chi connectivity index (χ1n) is 7.91. The molecule has 4 heteroatoms. The molecular formula is C17H29BrN2O. The van der Waals surface area contributed by atoms with Crippen molar-refractivity contribution in [1.29, 1.82) is 0 Å². The van der Waals surface area contributed by atoms with Crippen molar-refractivity contribution in [2.45, 2.75) is 79.4 Å². The van der Waals surface area contributed by atoms with Crippen LogP contribution in [0.2, 0.25) is 0 Å². The van der Waals surface area contributed by atoms with Crippen molar-refractivity contribution in [3.05, 3.63) is 15.9 Å². The molecule has 1 aliphatic carbocycles. The first kappa shape index (κ1) is 17.0. The van der Waals surface area contributed by atoms with Crippen LogP contribution in [0.25, 0.3) is 0 Å². The third-order valence-electron chi connectivity index (χ3n) is 4.52. The molecule has 0 aliphatic heterocycles. The maximum Gasteiger partial charge on any atom is 0.0738 e. The second kappa shape index (κ2) is 5.38. The summed E-state index contributed by atoms with van der Waals surface area (Å²) in [5.41, 5.74) is 1.84. The zero-order valence-corrected chi connectivity index (χ0v) is 15.8. The summed E-state index contributed by atoms with van der Waals surface area (Å²) < 4.78 is 3.07. The lowest BCUT2D eigenvalue weighted by atomic mass is 9.59. The van der Waals surface area contributed by atoms with Gasteiger partial charge in [0.1, 0.15) is 0 Å². The molecule has 1 aromatic heterocycles. The lowest BCUT2D eigenvalue weighted by Gasteiger charge is -2.49. The van der Waals surface area contributed by atoms with Gasteiger partial charge in [-0.1, -0.05) is 27.7 Å². The first-order chi connectivity index (χ1) is 9.47. The topological polar surface area (TPSA) is 38.0 Å². The predicted molar refractivity (Wildman–Crippen MR) is 90.4 cm³/mol. The zero-order chi connectivity index (χ0) is 16.1. The van der Waals surface area contributed by atoms with E-state index in [0.717, 1.165) is 41.7 Å². The van der Waals surface area contributed by atoms with Crippen molar-refractivity contribution < 1.29 is 5.11 Å². The lowest BCUT2D eigenvalue weighted by Crippen LogP contribution is -2.47. The fraction of sp³-hybridized carbons (Fsp3) is 0.824. The van der Waals surface area contributed by atoms with Crippen LogP contribution in [0.1, 0.15) is 65.3 Å². The Labute approximate surface area is 137 Å². The number of nitrogens with zero attached hydrogens (tertiary/aromatic N) is 2. The molecule has 120 valence electrons. The molecule has 1 saturated carbocycles. The quantitative estimate of drug-likeness (QED) is 0.866. The van der Waals surface area contributed by atoms with Crippen molar-refractivity contribution in [3.63, 3.8) is 0 Å². The van der Waals surface area contributed by atoms with Gasteiger partial charge in [0.2, 0.25) is 0 Å². The molecule has 0 radical (unpaired) electrons. The van der Waals surface area contributed by atoms with Crippen LogP contribution in [0.3, 0.4) is 0 Å². The van der Waals surface area contributed by atoms with Crippen molar-refractivity contribution in [2.75, 3.05) is 0 Å². The van der Waals surface area contributed by atoms with Crippen molar-refractivity contribution in [1.82, 2.24) is 9.78 Å². The standard InChI is InChI=1S/C17H29BrN2O/c1-7-20-13(14(18)12(2)19-20)8-17(21)10-15(3,4)9-16(5,6)11-17/h21H,7-11H2,1-6H3. The lowest BCUT2D eigenvalue weighted by molar-refractivity contribution is -0.0861. The van der Waals surface area contributed by atoms with Gasteiger partial charge in [0, 0.05) is 13.0 Å². The van der Waals surface area contributed by atoms with Gasteiger partial charge >= 0.3 is 0 Å². The van der Waals surface area contributed by atoms with Gasteiger partial charge < -0.3 is 5.11 Å². The molecule has 3 nitrogen and oxygen atoms in total. The minimum atomic E-state index is -0.646. The third kappa shape index (κ3) is 3.70. The number of aromatic nitrogens is 2. The molecule has 0 aromatic carbocycles. The van der Waals surface area contributed by atoms with E-state index in [1.807, 2.05) is 11.6 Å². The van der Waals surface area contributed by atoms with Crippen molar-refractivity contribution in [2.24, 2.45) is 10.8 Å². The van der Waals surface area contributed by atoms with Crippen LogP contribution in [0.4, 0.5) is 0 Å². The van der Waals surface area contributed by atoms with Crippen LogP contribution < -0.4 is 0 Å². The number of hydrogen-bond acceptors (Lipinski definition) is 2. The molecule has 1 N–H and O–H groups in total. The summed E-state index contributed by atoms with van der Waals surface area (Å²) in [6.07, 6.45) is 3.54. The van der Waals surface area contributed by atoms with Gasteiger partial charge in [0.15, 0.2) is 0 Å². The molecule has 1 fully saturated rings. The minimum absolute atomic E-state index is 0.176. The molecule has 0 atom stereocenters. The highest BCUT2D eigenvalue weighted by molar-refractivity contribution is 9.10. The molecule has 0 saturated heterocycles.